The van der Waals surface area contributed by atoms with Gasteiger partial charge in [0.05, 0.1) is 5.92 Å². The molecule has 1 aliphatic rings. The maximum Gasteiger partial charge on any atom is 0.324 e. The van der Waals surface area contributed by atoms with E-state index in [2.05, 4.69) is 0 Å². The van der Waals surface area contributed by atoms with Gasteiger partial charge >= 0.3 is 11.9 Å². The third-order valence-electron chi connectivity index (χ3n) is 3.88. The molecule has 3 atom stereocenters. The molecule has 1 aromatic rings. The minimum atomic E-state index is -1.57. The van der Waals surface area contributed by atoms with Crippen LogP contribution >= 0.6 is 0 Å². The summed E-state index contributed by atoms with van der Waals surface area (Å²) < 4.78 is 13.1. The number of hydrogen-bond donors (Lipinski definition) is 3. The lowest BCUT2D eigenvalue weighted by Gasteiger charge is -2.25. The van der Waals surface area contributed by atoms with Gasteiger partial charge in [0.1, 0.15) is 11.4 Å². The second kappa shape index (κ2) is 5.20. The highest BCUT2D eigenvalue weighted by atomic mass is 19.1. The summed E-state index contributed by atoms with van der Waals surface area (Å²) in [5, 5.41) is 18.2. The first-order valence-corrected chi connectivity index (χ1v) is 6.34. The van der Waals surface area contributed by atoms with Crippen molar-refractivity contribution in [2.24, 2.45) is 17.6 Å². The third-order valence-corrected chi connectivity index (χ3v) is 3.88. The Morgan fingerprint density at radius 2 is 2.10 bits per heavy atom. The largest absolute Gasteiger partial charge is 0.481 e. The van der Waals surface area contributed by atoms with E-state index in [1.807, 2.05) is 0 Å². The number of aryl methyl sites for hydroxylation is 1. The summed E-state index contributed by atoms with van der Waals surface area (Å²) in [6.45, 7) is 0. The molecule has 0 amide bonds. The van der Waals surface area contributed by atoms with E-state index in [1.54, 1.807) is 12.1 Å². The summed E-state index contributed by atoms with van der Waals surface area (Å²) >= 11 is 0. The van der Waals surface area contributed by atoms with Crippen LogP contribution in [0.4, 0.5) is 4.39 Å². The van der Waals surface area contributed by atoms with E-state index in [9.17, 15) is 19.1 Å². The Bertz CT molecular complexity index is 548. The van der Waals surface area contributed by atoms with Gasteiger partial charge in [-0.05, 0) is 37.0 Å². The molecule has 0 radical (unpaired) electrons. The number of aliphatic carboxylic acids is 2. The molecule has 1 aromatic carbocycles. The smallest absolute Gasteiger partial charge is 0.324 e. The number of carboxylic acid groups (broad SMARTS) is 2. The second-order valence-electron chi connectivity index (χ2n) is 5.26. The monoisotopic (exact) mass is 281 g/mol. The highest BCUT2D eigenvalue weighted by Gasteiger charge is 2.57. The van der Waals surface area contributed by atoms with E-state index in [0.717, 1.165) is 0 Å². The number of hydrogen-bond acceptors (Lipinski definition) is 3. The van der Waals surface area contributed by atoms with E-state index in [4.69, 9.17) is 10.8 Å². The standard InChI is InChI=1S/C14H16FNO4/c15-9-3-1-2-8(6-9)4-5-14(16,13(19)20)11-7-10(11)12(17)18/h1-3,6,10-11H,4-5,7,16H2,(H,17,18)(H,19,20). The first-order chi connectivity index (χ1) is 9.34. The van der Waals surface area contributed by atoms with Crippen LogP contribution in [0, 0.1) is 17.7 Å². The Morgan fingerprint density at radius 3 is 2.60 bits per heavy atom. The predicted octanol–water partition coefficient (Wildman–Crippen LogP) is 1.26. The van der Waals surface area contributed by atoms with Crippen LogP contribution in [0.5, 0.6) is 0 Å². The Balaban J connectivity index is 2.07. The molecule has 0 aliphatic heterocycles. The van der Waals surface area contributed by atoms with Crippen molar-refractivity contribution >= 4 is 11.9 Å². The molecular formula is C14H16FNO4. The summed E-state index contributed by atoms with van der Waals surface area (Å²) in [7, 11) is 0. The molecule has 0 heterocycles. The maximum absolute atomic E-state index is 13.1. The molecule has 5 nitrogen and oxygen atoms in total. The molecule has 108 valence electrons. The average molecular weight is 281 g/mol. The molecule has 4 N–H and O–H groups in total. The number of nitrogens with two attached hydrogens (primary N) is 1. The van der Waals surface area contributed by atoms with Gasteiger partial charge in [0.15, 0.2) is 0 Å². The van der Waals surface area contributed by atoms with Crippen LogP contribution in [0.15, 0.2) is 24.3 Å². The Hall–Kier alpha value is -1.95. The summed E-state index contributed by atoms with van der Waals surface area (Å²) in [6.07, 6.45) is 0.658. The Labute approximate surface area is 115 Å². The highest BCUT2D eigenvalue weighted by molar-refractivity contribution is 5.83. The fourth-order valence-corrected chi connectivity index (χ4v) is 2.53. The fraction of sp³-hybridized carbons (Fsp3) is 0.429. The molecule has 1 aliphatic carbocycles. The van der Waals surface area contributed by atoms with E-state index in [-0.39, 0.29) is 12.8 Å². The minimum absolute atomic E-state index is 0.0836. The van der Waals surface area contributed by atoms with E-state index < -0.39 is 35.1 Å². The predicted molar refractivity (Wildman–Crippen MR) is 68.5 cm³/mol. The Kier molecular flexibility index (Phi) is 3.76. The lowest BCUT2D eigenvalue weighted by Crippen LogP contribution is -2.51. The summed E-state index contributed by atoms with van der Waals surface area (Å²) in [4.78, 5) is 22.2. The molecule has 1 saturated carbocycles. The topological polar surface area (TPSA) is 101 Å². The van der Waals surface area contributed by atoms with Crippen molar-refractivity contribution in [3.8, 4) is 0 Å². The van der Waals surface area contributed by atoms with Crippen molar-refractivity contribution in [3.05, 3.63) is 35.6 Å². The molecule has 3 unspecified atom stereocenters. The highest BCUT2D eigenvalue weighted by Crippen LogP contribution is 2.47. The lowest BCUT2D eigenvalue weighted by molar-refractivity contribution is -0.145. The molecule has 6 heteroatoms. The van der Waals surface area contributed by atoms with Crippen LogP contribution in [0.25, 0.3) is 0 Å². The van der Waals surface area contributed by atoms with Crippen LogP contribution < -0.4 is 5.73 Å². The van der Waals surface area contributed by atoms with Crippen molar-refractivity contribution in [3.63, 3.8) is 0 Å². The van der Waals surface area contributed by atoms with Crippen molar-refractivity contribution < 1.29 is 24.2 Å². The summed E-state index contributed by atoms with van der Waals surface area (Å²) in [5.41, 5.74) is 4.98. The molecule has 2 rings (SSSR count). The molecule has 1 fully saturated rings. The van der Waals surface area contributed by atoms with Gasteiger partial charge in [0.2, 0.25) is 0 Å². The van der Waals surface area contributed by atoms with Crippen LogP contribution in [0.3, 0.4) is 0 Å². The van der Waals surface area contributed by atoms with Gasteiger partial charge in [-0.25, -0.2) is 4.39 Å². The summed E-state index contributed by atoms with van der Waals surface area (Å²) in [5.74, 6) is -3.87. The van der Waals surface area contributed by atoms with Crippen molar-refractivity contribution in [1.82, 2.24) is 0 Å². The van der Waals surface area contributed by atoms with Crippen molar-refractivity contribution in [1.29, 1.82) is 0 Å². The lowest BCUT2D eigenvalue weighted by atomic mass is 9.86. The normalized spacial score (nSPS) is 23.9. The van der Waals surface area contributed by atoms with Crippen molar-refractivity contribution in [2.75, 3.05) is 0 Å². The Morgan fingerprint density at radius 1 is 1.40 bits per heavy atom. The zero-order chi connectivity index (χ0) is 14.9. The van der Waals surface area contributed by atoms with Gasteiger partial charge in [0.25, 0.3) is 0 Å². The van der Waals surface area contributed by atoms with Gasteiger partial charge in [-0.15, -0.1) is 0 Å². The first kappa shape index (κ1) is 14.5. The number of rotatable bonds is 6. The molecular weight excluding hydrogens is 265 g/mol. The molecule has 0 aromatic heterocycles. The van der Waals surface area contributed by atoms with Gasteiger partial charge in [-0.1, -0.05) is 12.1 Å². The minimum Gasteiger partial charge on any atom is -0.481 e. The molecule has 20 heavy (non-hydrogen) atoms. The summed E-state index contributed by atoms with van der Waals surface area (Å²) in [6, 6.07) is 5.86. The molecule has 0 bridgehead atoms. The third kappa shape index (κ3) is 2.80. The van der Waals surface area contributed by atoms with E-state index in [1.165, 1.54) is 12.1 Å². The van der Waals surface area contributed by atoms with Gasteiger partial charge in [-0.3, -0.25) is 9.59 Å². The number of benzene rings is 1. The van der Waals surface area contributed by atoms with Gasteiger partial charge in [0, 0.05) is 5.92 Å². The number of carbonyl (C=O) groups is 2. The maximum atomic E-state index is 13.1. The quantitative estimate of drug-likeness (QED) is 0.728. The van der Waals surface area contributed by atoms with Gasteiger partial charge in [-0.2, -0.15) is 0 Å². The zero-order valence-corrected chi connectivity index (χ0v) is 10.8. The second-order valence-corrected chi connectivity index (χ2v) is 5.26. The van der Waals surface area contributed by atoms with Gasteiger partial charge < -0.3 is 15.9 Å². The number of halogens is 1. The van der Waals surface area contributed by atoms with E-state index in [0.29, 0.717) is 12.0 Å². The van der Waals surface area contributed by atoms with E-state index >= 15 is 0 Å². The van der Waals surface area contributed by atoms with Crippen LogP contribution in [-0.4, -0.2) is 27.7 Å². The molecule has 0 saturated heterocycles. The average Bonchev–Trinajstić information content (AvgIpc) is 3.16. The SMILES string of the molecule is NC(CCc1cccc(F)c1)(C(=O)O)C1CC1C(=O)O. The molecule has 0 spiro atoms. The van der Waals surface area contributed by atoms with Crippen molar-refractivity contribution in [2.45, 2.75) is 24.8 Å². The van der Waals surface area contributed by atoms with Crippen LogP contribution in [-0.2, 0) is 16.0 Å². The fourth-order valence-electron chi connectivity index (χ4n) is 2.53. The number of carboxylic acids is 2. The zero-order valence-electron chi connectivity index (χ0n) is 10.8. The van der Waals surface area contributed by atoms with Crippen LogP contribution in [0.1, 0.15) is 18.4 Å². The first-order valence-electron chi connectivity index (χ1n) is 6.34. The van der Waals surface area contributed by atoms with Crippen LogP contribution in [0.2, 0.25) is 0 Å².